The van der Waals surface area contributed by atoms with E-state index in [1.807, 2.05) is 0 Å². The van der Waals surface area contributed by atoms with Crippen molar-refractivity contribution in [1.29, 1.82) is 0 Å². The summed E-state index contributed by atoms with van der Waals surface area (Å²) in [6.45, 7) is 0. The van der Waals surface area contributed by atoms with Gasteiger partial charge in [-0.15, -0.1) is 0 Å². The predicted molar refractivity (Wildman–Crippen MR) is 44.8 cm³/mol. The van der Waals surface area contributed by atoms with E-state index >= 15 is 0 Å². The van der Waals surface area contributed by atoms with Crippen molar-refractivity contribution in [2.75, 3.05) is 0 Å². The van der Waals surface area contributed by atoms with Crippen LogP contribution in [0.3, 0.4) is 0 Å². The molecule has 0 saturated carbocycles. The van der Waals surface area contributed by atoms with Crippen molar-refractivity contribution in [2.45, 2.75) is 0 Å². The highest BCUT2D eigenvalue weighted by Gasteiger charge is 1.95. The van der Waals surface area contributed by atoms with Gasteiger partial charge in [-0.25, -0.2) is 4.79 Å². The molecule has 7 heavy (non-hydrogen) atoms. The molecule has 6 heteroatoms. The minimum absolute atomic E-state index is 0.332. The average molecular weight is 341 g/mol. The van der Waals surface area contributed by atoms with Crippen LogP contribution in [0, 0.1) is 0 Å². The van der Waals surface area contributed by atoms with Gasteiger partial charge in [-0.1, -0.05) is 0 Å². The standard InChI is InChI=1S/CH2INO2.Al.HI.H/c2-3-1(4)5;;;/h3H,(H,4,5);;1H;/q;+2;;/p-2. The lowest BCUT2D eigenvalue weighted by molar-refractivity contribution is 0.212. The van der Waals surface area contributed by atoms with Gasteiger partial charge in [0.1, 0.15) is 0 Å². The molecule has 0 spiro atoms. The van der Waals surface area contributed by atoms with Gasteiger partial charge in [0.25, 0.3) is 0 Å². The van der Waals surface area contributed by atoms with E-state index in [9.17, 15) is 4.79 Å². The van der Waals surface area contributed by atoms with Crippen LogP contribution in [0.15, 0.2) is 0 Å². The van der Waals surface area contributed by atoms with Gasteiger partial charge >= 0.3 is 18.4 Å². The molecule has 0 radical (unpaired) electrons. The molecule has 1 amide bonds. The number of hydrogen-bond donors (Lipinski definition) is 1. The first-order valence-electron chi connectivity index (χ1n) is 1.40. The second kappa shape index (κ2) is 5.40. The van der Waals surface area contributed by atoms with Crippen molar-refractivity contribution in [2.24, 2.45) is 0 Å². The fraction of sp³-hybridized carbons (Fsp3) is 0. The van der Waals surface area contributed by atoms with E-state index in [1.165, 1.54) is 0 Å². The molecule has 0 saturated heterocycles. The summed E-state index contributed by atoms with van der Waals surface area (Å²) in [5, 5.41) is 0. The minimum atomic E-state index is -0.591. The minimum Gasteiger partial charge on any atom is -0.594 e. The molecule has 0 atom stereocenters. The summed E-state index contributed by atoms with van der Waals surface area (Å²) in [5.74, 6) is 0. The number of carbonyl (C=O) groups excluding carboxylic acids is 1. The van der Waals surface area contributed by atoms with Crippen molar-refractivity contribution in [3.05, 3.63) is 0 Å². The Bertz CT molecular complexity index is 68.7. The molecule has 0 aromatic heterocycles. The molecular weight excluding hydrogens is 339 g/mol. The highest BCUT2D eigenvalue weighted by atomic mass is 127. The quantitative estimate of drug-likeness (QED) is 0.435. The van der Waals surface area contributed by atoms with E-state index in [0.29, 0.717) is 0 Å². The Morgan fingerprint density at radius 2 is 2.43 bits per heavy atom. The topological polar surface area (TPSA) is 38.3 Å². The monoisotopic (exact) mass is 341 g/mol. The molecule has 0 aromatic rings. The summed E-state index contributed by atoms with van der Waals surface area (Å²) in [6.07, 6.45) is -0.332. The lowest BCUT2D eigenvalue weighted by atomic mass is 11.3. The SMILES string of the molecule is O=C(NI)[O][AlH][I]. The number of hydrogen-bond acceptors (Lipinski definition) is 2. The highest BCUT2D eigenvalue weighted by molar-refractivity contribution is 14.1. The molecule has 0 bridgehead atoms. The lowest BCUT2D eigenvalue weighted by Crippen LogP contribution is -2.13. The number of amides is 1. The van der Waals surface area contributed by atoms with Gasteiger partial charge in [0.2, 0.25) is 0 Å². The van der Waals surface area contributed by atoms with Gasteiger partial charge in [0.05, 0.1) is 22.9 Å². The van der Waals surface area contributed by atoms with Crippen LogP contribution >= 0.6 is 43.1 Å². The van der Waals surface area contributed by atoms with Gasteiger partial charge in [-0.3, -0.25) is 3.53 Å². The number of halogens is 2. The maximum Gasteiger partial charge on any atom is 0.615 e. The van der Waals surface area contributed by atoms with Crippen molar-refractivity contribution < 1.29 is 8.58 Å². The Kier molecular flexibility index (Phi) is 6.37. The van der Waals surface area contributed by atoms with E-state index in [4.69, 9.17) is 0 Å². The normalized spacial score (nSPS) is 7.14. The molecule has 0 aliphatic rings. The molecule has 0 unspecified atom stereocenters. The zero-order valence-corrected chi connectivity index (χ0v) is 9.01. The van der Waals surface area contributed by atoms with Crippen LogP contribution in [-0.2, 0) is 3.79 Å². The molecule has 0 heterocycles. The first kappa shape index (κ1) is 8.26. The van der Waals surface area contributed by atoms with Crippen LogP contribution in [-0.4, -0.2) is 18.4 Å². The van der Waals surface area contributed by atoms with Crippen LogP contribution in [0.4, 0.5) is 4.79 Å². The molecule has 0 aliphatic heterocycles. The van der Waals surface area contributed by atoms with Gasteiger partial charge in [-0.05, 0) is 0 Å². The van der Waals surface area contributed by atoms with Crippen molar-refractivity contribution in [1.82, 2.24) is 3.53 Å². The molecule has 0 rings (SSSR count). The van der Waals surface area contributed by atoms with E-state index in [1.54, 1.807) is 22.9 Å². The van der Waals surface area contributed by atoms with Crippen molar-refractivity contribution in [3.8, 4) is 0 Å². The van der Waals surface area contributed by atoms with E-state index in [-0.39, 0.29) is 6.09 Å². The fourth-order valence-electron chi connectivity index (χ4n) is 0.0768. The van der Waals surface area contributed by atoms with Crippen LogP contribution in [0.5, 0.6) is 0 Å². The summed E-state index contributed by atoms with van der Waals surface area (Å²) in [7, 11) is 0. The third kappa shape index (κ3) is 5.13. The van der Waals surface area contributed by atoms with E-state index < -0.39 is 12.3 Å². The molecular formula is CH2AlI2NO2. The van der Waals surface area contributed by atoms with Gasteiger partial charge in [-0.2, -0.15) is 20.3 Å². The Hall–Kier alpha value is 1.26. The molecule has 0 fully saturated rings. The van der Waals surface area contributed by atoms with Crippen LogP contribution in [0.1, 0.15) is 0 Å². The molecule has 40 valence electrons. The number of carbonyl (C=O) groups is 1. The first-order chi connectivity index (χ1) is 3.31. The third-order valence-corrected chi connectivity index (χ3v) is 2.01. The summed E-state index contributed by atoms with van der Waals surface area (Å²) in [4.78, 5) is 10.1. The largest absolute Gasteiger partial charge is 0.615 e. The molecule has 0 aliphatic carbocycles. The molecule has 3 nitrogen and oxygen atoms in total. The fourth-order valence-corrected chi connectivity index (χ4v) is 1.55. The maximum absolute atomic E-state index is 10.1. The van der Waals surface area contributed by atoms with Crippen LogP contribution in [0.2, 0.25) is 0 Å². The van der Waals surface area contributed by atoms with Gasteiger partial charge in [0, 0.05) is 0 Å². The van der Waals surface area contributed by atoms with Crippen molar-refractivity contribution in [3.63, 3.8) is 0 Å². The molecule has 1 N–H and O–H groups in total. The van der Waals surface area contributed by atoms with Gasteiger partial charge in [0.15, 0.2) is 0 Å². The lowest BCUT2D eigenvalue weighted by Gasteiger charge is -1.94. The van der Waals surface area contributed by atoms with Crippen LogP contribution < -0.4 is 3.53 Å². The Balaban J connectivity index is 3.00. The zero-order valence-electron chi connectivity index (χ0n) is 3.28. The van der Waals surface area contributed by atoms with E-state index in [2.05, 4.69) is 27.6 Å². The maximum atomic E-state index is 10.1. The Morgan fingerprint density at radius 3 is 2.57 bits per heavy atom. The second-order valence-corrected chi connectivity index (χ2v) is 3.55. The van der Waals surface area contributed by atoms with Gasteiger partial charge < -0.3 is 3.79 Å². The second-order valence-electron chi connectivity index (χ2n) is 0.635. The van der Waals surface area contributed by atoms with Crippen LogP contribution in [0.25, 0.3) is 0 Å². The average Bonchev–Trinajstić information content (AvgIpc) is 1.68. The zero-order chi connectivity index (χ0) is 5.70. The third-order valence-electron chi connectivity index (χ3n) is 0.263. The Morgan fingerprint density at radius 1 is 1.86 bits per heavy atom. The smallest absolute Gasteiger partial charge is 0.594 e. The van der Waals surface area contributed by atoms with E-state index in [0.717, 1.165) is 0 Å². The highest BCUT2D eigenvalue weighted by Crippen LogP contribution is 1.82. The number of nitrogens with one attached hydrogen (secondary N) is 1. The summed E-state index contributed by atoms with van der Waals surface area (Å²) in [6, 6.07) is 0. The summed E-state index contributed by atoms with van der Waals surface area (Å²) >= 11 is 3.22. The van der Waals surface area contributed by atoms with Crippen molar-refractivity contribution >= 4 is 61.5 Å². The first-order valence-corrected chi connectivity index (χ1v) is 8.17. The summed E-state index contributed by atoms with van der Waals surface area (Å²) in [5.41, 5.74) is 0. The summed E-state index contributed by atoms with van der Waals surface area (Å²) < 4.78 is 6.86. The predicted octanol–water partition coefficient (Wildman–Crippen LogP) is 0.764. The Labute approximate surface area is 72.8 Å². The molecule has 0 aromatic carbocycles. The number of rotatable bonds is 1.